The lowest BCUT2D eigenvalue weighted by Crippen LogP contribution is -2.45. The summed E-state index contributed by atoms with van der Waals surface area (Å²) in [4.78, 5) is 27.5. The van der Waals surface area contributed by atoms with Gasteiger partial charge in [-0.15, -0.1) is 0 Å². The van der Waals surface area contributed by atoms with Crippen LogP contribution in [0.2, 0.25) is 0 Å². The molecule has 2 N–H and O–H groups in total. The van der Waals surface area contributed by atoms with Crippen molar-refractivity contribution < 1.29 is 23.8 Å². The fourth-order valence-electron chi connectivity index (χ4n) is 3.50. The van der Waals surface area contributed by atoms with Gasteiger partial charge >= 0.3 is 6.03 Å². The first-order chi connectivity index (χ1) is 14.6. The second kappa shape index (κ2) is 9.87. The highest BCUT2D eigenvalue weighted by Crippen LogP contribution is 2.35. The average molecular weight is 413 g/mol. The molecule has 0 spiro atoms. The van der Waals surface area contributed by atoms with E-state index >= 15 is 0 Å². The van der Waals surface area contributed by atoms with E-state index in [1.807, 2.05) is 19.1 Å². The number of nitrogens with zero attached hydrogens (tertiary/aromatic N) is 1. The van der Waals surface area contributed by atoms with E-state index in [2.05, 4.69) is 10.6 Å². The Bertz CT molecular complexity index is 880. The van der Waals surface area contributed by atoms with Crippen molar-refractivity contribution in [1.82, 2.24) is 4.90 Å². The van der Waals surface area contributed by atoms with Crippen LogP contribution in [0, 0.1) is 0 Å². The number of amides is 3. The third kappa shape index (κ3) is 4.59. The molecule has 160 valence electrons. The maximum Gasteiger partial charge on any atom is 0.322 e. The molecule has 1 fully saturated rings. The van der Waals surface area contributed by atoms with E-state index < -0.39 is 6.04 Å². The predicted octanol–water partition coefficient (Wildman–Crippen LogP) is 3.74. The zero-order valence-corrected chi connectivity index (χ0v) is 17.4. The predicted molar refractivity (Wildman–Crippen MR) is 115 cm³/mol. The topological polar surface area (TPSA) is 89.1 Å². The number of likely N-dealkylation sites (tertiary alicyclic amines) is 1. The van der Waals surface area contributed by atoms with Crippen molar-refractivity contribution in [3.05, 3.63) is 42.5 Å². The number of rotatable bonds is 7. The summed E-state index contributed by atoms with van der Waals surface area (Å²) in [6.07, 6.45) is 1.31. The molecule has 0 saturated carbocycles. The van der Waals surface area contributed by atoms with Gasteiger partial charge in [0.05, 0.1) is 26.5 Å². The van der Waals surface area contributed by atoms with E-state index in [0.29, 0.717) is 48.2 Å². The Kier molecular flexibility index (Phi) is 7.00. The van der Waals surface area contributed by atoms with Gasteiger partial charge in [0.15, 0.2) is 0 Å². The Morgan fingerprint density at radius 2 is 1.67 bits per heavy atom. The molecule has 3 rings (SSSR count). The first kappa shape index (κ1) is 21.3. The van der Waals surface area contributed by atoms with Crippen LogP contribution in [0.15, 0.2) is 42.5 Å². The smallest absolute Gasteiger partial charge is 0.322 e. The van der Waals surface area contributed by atoms with E-state index in [4.69, 9.17) is 14.2 Å². The van der Waals surface area contributed by atoms with E-state index in [9.17, 15) is 9.59 Å². The SMILES string of the molecule is CCOc1ccccc1NC(=O)N1CCC[C@H]1C(=O)Nc1c(OC)cccc1OC. The Morgan fingerprint density at radius 3 is 2.33 bits per heavy atom. The number of hydrogen-bond acceptors (Lipinski definition) is 5. The van der Waals surface area contributed by atoms with Crippen molar-refractivity contribution in [2.75, 3.05) is 38.0 Å². The van der Waals surface area contributed by atoms with Gasteiger partial charge in [-0.1, -0.05) is 18.2 Å². The number of ether oxygens (including phenoxy) is 3. The van der Waals surface area contributed by atoms with Crippen LogP contribution in [-0.4, -0.2) is 50.3 Å². The summed E-state index contributed by atoms with van der Waals surface area (Å²) in [6.45, 7) is 2.86. The minimum atomic E-state index is -0.598. The van der Waals surface area contributed by atoms with Gasteiger partial charge in [-0.3, -0.25) is 4.79 Å². The molecule has 1 atom stereocenters. The molecule has 8 nitrogen and oxygen atoms in total. The van der Waals surface area contributed by atoms with E-state index in [1.54, 1.807) is 35.2 Å². The van der Waals surface area contributed by atoms with Gasteiger partial charge in [0.1, 0.15) is 29.0 Å². The number of nitrogens with one attached hydrogen (secondary N) is 2. The lowest BCUT2D eigenvalue weighted by atomic mass is 10.2. The number of carbonyl (C=O) groups excluding carboxylic acids is 2. The summed E-state index contributed by atoms with van der Waals surface area (Å²) < 4.78 is 16.2. The summed E-state index contributed by atoms with van der Waals surface area (Å²) in [7, 11) is 3.05. The fraction of sp³-hybridized carbons (Fsp3) is 0.364. The van der Waals surface area contributed by atoms with Gasteiger partial charge in [0.2, 0.25) is 5.91 Å². The Balaban J connectivity index is 1.74. The van der Waals surface area contributed by atoms with Crippen molar-refractivity contribution in [3.8, 4) is 17.2 Å². The van der Waals surface area contributed by atoms with E-state index in [-0.39, 0.29) is 11.9 Å². The summed E-state index contributed by atoms with van der Waals surface area (Å²) in [5, 5.41) is 5.73. The number of hydrogen-bond donors (Lipinski definition) is 2. The summed E-state index contributed by atoms with van der Waals surface area (Å²) in [5.74, 6) is 1.28. The molecule has 2 aromatic carbocycles. The van der Waals surface area contributed by atoms with Gasteiger partial charge in [-0.25, -0.2) is 4.79 Å². The molecule has 30 heavy (non-hydrogen) atoms. The second-order valence-corrected chi connectivity index (χ2v) is 6.74. The lowest BCUT2D eigenvalue weighted by molar-refractivity contribution is -0.119. The molecule has 0 bridgehead atoms. The normalized spacial score (nSPS) is 15.4. The van der Waals surface area contributed by atoms with Crippen molar-refractivity contribution in [2.45, 2.75) is 25.8 Å². The second-order valence-electron chi connectivity index (χ2n) is 6.74. The fourth-order valence-corrected chi connectivity index (χ4v) is 3.50. The maximum absolute atomic E-state index is 13.0. The molecule has 0 unspecified atom stereocenters. The van der Waals surface area contributed by atoms with Gasteiger partial charge in [0, 0.05) is 6.54 Å². The van der Waals surface area contributed by atoms with Crippen LogP contribution in [0.1, 0.15) is 19.8 Å². The number of carbonyl (C=O) groups is 2. The third-order valence-electron chi connectivity index (χ3n) is 4.92. The molecule has 0 aromatic heterocycles. The van der Waals surface area contributed by atoms with Gasteiger partial charge in [-0.2, -0.15) is 0 Å². The number of urea groups is 1. The molecule has 8 heteroatoms. The number of anilines is 2. The first-order valence-corrected chi connectivity index (χ1v) is 9.90. The highest BCUT2D eigenvalue weighted by atomic mass is 16.5. The molecule has 3 amide bonds. The van der Waals surface area contributed by atoms with Crippen LogP contribution in [-0.2, 0) is 4.79 Å². The maximum atomic E-state index is 13.0. The number of methoxy groups -OCH3 is 2. The molecule has 0 radical (unpaired) electrons. The van der Waals surface area contributed by atoms with E-state index in [0.717, 1.165) is 6.42 Å². The van der Waals surface area contributed by atoms with Crippen molar-refractivity contribution in [1.29, 1.82) is 0 Å². The minimum Gasteiger partial charge on any atom is -0.494 e. The highest BCUT2D eigenvalue weighted by molar-refractivity contribution is 6.01. The standard InChI is InChI=1S/C22H27N3O5/c1-4-30-17-11-6-5-9-15(17)23-22(27)25-14-8-10-16(25)21(26)24-20-18(28-2)12-7-13-19(20)29-3/h5-7,9,11-13,16H,4,8,10,14H2,1-3H3,(H,23,27)(H,24,26)/t16-/m0/s1. The van der Waals surface area contributed by atoms with Gasteiger partial charge in [-0.05, 0) is 44.0 Å². The van der Waals surface area contributed by atoms with Crippen LogP contribution in [0.5, 0.6) is 17.2 Å². The summed E-state index contributed by atoms with van der Waals surface area (Å²) in [6, 6.07) is 11.5. The van der Waals surface area contributed by atoms with Crippen molar-refractivity contribution in [2.24, 2.45) is 0 Å². The Hall–Kier alpha value is -3.42. The molecule has 2 aromatic rings. The molecule has 1 saturated heterocycles. The van der Waals surface area contributed by atoms with Crippen molar-refractivity contribution >= 4 is 23.3 Å². The Labute approximate surface area is 176 Å². The number of para-hydroxylation sites is 3. The molecule has 0 aliphatic carbocycles. The zero-order chi connectivity index (χ0) is 21.5. The molecule has 1 aliphatic heterocycles. The Morgan fingerprint density at radius 1 is 1.00 bits per heavy atom. The third-order valence-corrected chi connectivity index (χ3v) is 4.92. The first-order valence-electron chi connectivity index (χ1n) is 9.90. The summed E-state index contributed by atoms with van der Waals surface area (Å²) in [5.41, 5.74) is 1.02. The van der Waals surface area contributed by atoms with Crippen LogP contribution in [0.4, 0.5) is 16.2 Å². The van der Waals surface area contributed by atoms with Crippen molar-refractivity contribution in [3.63, 3.8) is 0 Å². The summed E-state index contributed by atoms with van der Waals surface area (Å²) >= 11 is 0. The monoisotopic (exact) mass is 413 g/mol. The van der Waals surface area contributed by atoms with E-state index in [1.165, 1.54) is 14.2 Å². The van der Waals surface area contributed by atoms with Crippen LogP contribution < -0.4 is 24.8 Å². The molecular formula is C22H27N3O5. The van der Waals surface area contributed by atoms with Crippen LogP contribution in [0.25, 0.3) is 0 Å². The lowest BCUT2D eigenvalue weighted by Gasteiger charge is -2.25. The minimum absolute atomic E-state index is 0.288. The molecule has 1 aliphatic rings. The average Bonchev–Trinajstić information content (AvgIpc) is 3.25. The van der Waals surface area contributed by atoms with Gasteiger partial charge < -0.3 is 29.7 Å². The van der Waals surface area contributed by atoms with Gasteiger partial charge in [0.25, 0.3) is 0 Å². The highest BCUT2D eigenvalue weighted by Gasteiger charge is 2.35. The largest absolute Gasteiger partial charge is 0.494 e. The van der Waals surface area contributed by atoms with Crippen LogP contribution in [0.3, 0.4) is 0 Å². The molecular weight excluding hydrogens is 386 g/mol. The molecule has 1 heterocycles. The quantitative estimate of drug-likeness (QED) is 0.722. The zero-order valence-electron chi connectivity index (χ0n) is 17.4. The number of benzene rings is 2. The van der Waals surface area contributed by atoms with Crippen LogP contribution >= 0.6 is 0 Å².